The molecule has 1 nitrogen and oxygen atoms in total. The molecule has 0 aliphatic carbocycles. The van der Waals surface area contributed by atoms with Crippen LogP contribution in [0.4, 0.5) is 5.69 Å². The van der Waals surface area contributed by atoms with Gasteiger partial charge in [-0.05, 0) is 43.2 Å². The summed E-state index contributed by atoms with van der Waals surface area (Å²) in [4.78, 5) is 1.25. The molecule has 0 atom stereocenters. The fourth-order valence-electron chi connectivity index (χ4n) is 1.49. The second kappa shape index (κ2) is 4.89. The van der Waals surface area contributed by atoms with E-state index in [1.807, 2.05) is 11.4 Å². The molecule has 0 aliphatic heterocycles. The number of aryl methyl sites for hydroxylation is 2. The fraction of sp³-hybridized carbons (Fsp3) is 0.231. The van der Waals surface area contributed by atoms with Gasteiger partial charge in [-0.15, -0.1) is 11.3 Å². The van der Waals surface area contributed by atoms with Gasteiger partial charge in [0.05, 0.1) is 5.02 Å². The SMILES string of the molecule is Cc1ccc(NCc2cc(Cl)cs2)cc1C. The Morgan fingerprint density at radius 3 is 2.62 bits per heavy atom. The molecule has 84 valence electrons. The van der Waals surface area contributed by atoms with Gasteiger partial charge in [0.1, 0.15) is 0 Å². The molecule has 1 aromatic carbocycles. The third kappa shape index (κ3) is 2.77. The minimum absolute atomic E-state index is 0.821. The lowest BCUT2D eigenvalue weighted by Gasteiger charge is -2.07. The first kappa shape index (κ1) is 11.5. The van der Waals surface area contributed by atoms with E-state index in [2.05, 4.69) is 37.4 Å². The van der Waals surface area contributed by atoms with Crippen LogP contribution < -0.4 is 5.32 Å². The second-order valence-corrected chi connectivity index (χ2v) is 5.32. The first-order valence-electron chi connectivity index (χ1n) is 5.19. The van der Waals surface area contributed by atoms with Crippen LogP contribution >= 0.6 is 22.9 Å². The minimum Gasteiger partial charge on any atom is -0.380 e. The van der Waals surface area contributed by atoms with Gasteiger partial charge in [0.2, 0.25) is 0 Å². The maximum atomic E-state index is 5.87. The third-order valence-electron chi connectivity index (χ3n) is 2.60. The Kier molecular flexibility index (Phi) is 3.52. The van der Waals surface area contributed by atoms with Crippen molar-refractivity contribution >= 4 is 28.6 Å². The quantitative estimate of drug-likeness (QED) is 0.839. The average molecular weight is 252 g/mol. The largest absolute Gasteiger partial charge is 0.380 e. The molecule has 0 fully saturated rings. The molecule has 0 amide bonds. The van der Waals surface area contributed by atoms with E-state index >= 15 is 0 Å². The van der Waals surface area contributed by atoms with E-state index in [1.54, 1.807) is 11.3 Å². The molecule has 16 heavy (non-hydrogen) atoms. The van der Waals surface area contributed by atoms with E-state index in [9.17, 15) is 0 Å². The molecule has 1 heterocycles. The number of benzene rings is 1. The molecule has 0 saturated heterocycles. The van der Waals surface area contributed by atoms with E-state index in [-0.39, 0.29) is 0 Å². The molecule has 0 unspecified atom stereocenters. The maximum Gasteiger partial charge on any atom is 0.0516 e. The Labute approximate surface area is 105 Å². The van der Waals surface area contributed by atoms with Gasteiger partial charge in [-0.1, -0.05) is 17.7 Å². The van der Waals surface area contributed by atoms with Crippen LogP contribution in [0.2, 0.25) is 5.02 Å². The summed E-state index contributed by atoms with van der Waals surface area (Å²) in [5, 5.41) is 6.17. The number of anilines is 1. The number of halogens is 1. The first-order valence-corrected chi connectivity index (χ1v) is 6.45. The summed E-state index contributed by atoms with van der Waals surface area (Å²) in [6.45, 7) is 5.08. The van der Waals surface area contributed by atoms with Crippen LogP contribution in [-0.2, 0) is 6.54 Å². The van der Waals surface area contributed by atoms with E-state index < -0.39 is 0 Å². The summed E-state index contributed by atoms with van der Waals surface area (Å²) in [5.74, 6) is 0. The van der Waals surface area contributed by atoms with Crippen molar-refractivity contribution in [3.05, 3.63) is 50.7 Å². The van der Waals surface area contributed by atoms with Crippen LogP contribution in [0.15, 0.2) is 29.6 Å². The Morgan fingerprint density at radius 2 is 2.00 bits per heavy atom. The molecule has 0 spiro atoms. The van der Waals surface area contributed by atoms with Crippen LogP contribution in [0.5, 0.6) is 0 Å². The number of thiophene rings is 1. The summed E-state index contributed by atoms with van der Waals surface area (Å²) in [6.07, 6.45) is 0. The molecular weight excluding hydrogens is 238 g/mol. The molecule has 2 aromatic rings. The van der Waals surface area contributed by atoms with Crippen molar-refractivity contribution in [2.24, 2.45) is 0 Å². The number of hydrogen-bond acceptors (Lipinski definition) is 2. The summed E-state index contributed by atoms with van der Waals surface area (Å²) >= 11 is 7.55. The molecule has 0 bridgehead atoms. The zero-order valence-electron chi connectivity index (χ0n) is 9.38. The van der Waals surface area contributed by atoms with Gasteiger partial charge < -0.3 is 5.32 Å². The van der Waals surface area contributed by atoms with Crippen LogP contribution in [0.1, 0.15) is 16.0 Å². The molecule has 1 N–H and O–H groups in total. The lowest BCUT2D eigenvalue weighted by atomic mass is 10.1. The predicted octanol–water partition coefficient (Wildman–Crippen LogP) is 4.63. The van der Waals surface area contributed by atoms with Gasteiger partial charge in [-0.2, -0.15) is 0 Å². The van der Waals surface area contributed by atoms with E-state index in [4.69, 9.17) is 11.6 Å². The topological polar surface area (TPSA) is 12.0 Å². The molecule has 0 saturated carbocycles. The maximum absolute atomic E-state index is 5.87. The highest BCUT2D eigenvalue weighted by Gasteiger charge is 1.99. The third-order valence-corrected chi connectivity index (χ3v) is 3.88. The second-order valence-electron chi connectivity index (χ2n) is 3.88. The van der Waals surface area contributed by atoms with Gasteiger partial charge >= 0.3 is 0 Å². The lowest BCUT2D eigenvalue weighted by Crippen LogP contribution is -1.97. The molecule has 2 rings (SSSR count). The zero-order chi connectivity index (χ0) is 11.5. The monoisotopic (exact) mass is 251 g/mol. The normalized spacial score (nSPS) is 10.4. The van der Waals surface area contributed by atoms with Crippen LogP contribution in [0.25, 0.3) is 0 Å². The zero-order valence-corrected chi connectivity index (χ0v) is 11.0. The average Bonchev–Trinajstić information content (AvgIpc) is 2.66. The highest BCUT2D eigenvalue weighted by Crippen LogP contribution is 2.21. The Bertz CT molecular complexity index is 490. The molecule has 3 heteroatoms. The van der Waals surface area contributed by atoms with E-state index in [0.717, 1.165) is 17.3 Å². The van der Waals surface area contributed by atoms with Crippen LogP contribution in [0, 0.1) is 13.8 Å². The van der Waals surface area contributed by atoms with E-state index in [0.29, 0.717) is 0 Å². The van der Waals surface area contributed by atoms with Crippen molar-refractivity contribution in [3.8, 4) is 0 Å². The Morgan fingerprint density at radius 1 is 1.19 bits per heavy atom. The van der Waals surface area contributed by atoms with Crippen molar-refractivity contribution < 1.29 is 0 Å². The van der Waals surface area contributed by atoms with Crippen LogP contribution in [-0.4, -0.2) is 0 Å². The molecule has 0 radical (unpaired) electrons. The van der Waals surface area contributed by atoms with Crippen LogP contribution in [0.3, 0.4) is 0 Å². The number of nitrogens with one attached hydrogen (secondary N) is 1. The van der Waals surface area contributed by atoms with Crippen molar-refractivity contribution in [1.29, 1.82) is 0 Å². The highest BCUT2D eigenvalue weighted by atomic mass is 35.5. The van der Waals surface area contributed by atoms with Gasteiger partial charge in [0.25, 0.3) is 0 Å². The number of rotatable bonds is 3. The van der Waals surface area contributed by atoms with Gasteiger partial charge in [0, 0.05) is 22.5 Å². The smallest absolute Gasteiger partial charge is 0.0516 e. The standard InChI is InChI=1S/C13H14ClNS/c1-9-3-4-12(5-10(9)2)15-7-13-6-11(14)8-16-13/h3-6,8,15H,7H2,1-2H3. The Balaban J connectivity index is 2.02. The van der Waals surface area contributed by atoms with Crippen molar-refractivity contribution in [2.75, 3.05) is 5.32 Å². The van der Waals surface area contributed by atoms with Crippen molar-refractivity contribution in [2.45, 2.75) is 20.4 Å². The summed E-state index contributed by atoms with van der Waals surface area (Å²) in [5.41, 5.74) is 3.80. The predicted molar refractivity (Wildman–Crippen MR) is 72.6 cm³/mol. The van der Waals surface area contributed by atoms with Gasteiger partial charge in [-0.25, -0.2) is 0 Å². The number of hydrogen-bond donors (Lipinski definition) is 1. The summed E-state index contributed by atoms with van der Waals surface area (Å²) in [6, 6.07) is 8.42. The van der Waals surface area contributed by atoms with Crippen molar-refractivity contribution in [1.82, 2.24) is 0 Å². The van der Waals surface area contributed by atoms with Gasteiger partial charge in [-0.3, -0.25) is 0 Å². The highest BCUT2D eigenvalue weighted by molar-refractivity contribution is 7.10. The molecule has 0 aliphatic rings. The lowest BCUT2D eigenvalue weighted by molar-refractivity contribution is 1.18. The molecular formula is C13H14ClNS. The van der Waals surface area contributed by atoms with E-state index in [1.165, 1.54) is 16.0 Å². The summed E-state index contributed by atoms with van der Waals surface area (Å²) < 4.78 is 0. The van der Waals surface area contributed by atoms with Crippen molar-refractivity contribution in [3.63, 3.8) is 0 Å². The Hall–Kier alpha value is -0.990. The fourth-order valence-corrected chi connectivity index (χ4v) is 2.50. The minimum atomic E-state index is 0.821. The first-order chi connectivity index (χ1) is 7.65. The van der Waals surface area contributed by atoms with Gasteiger partial charge in [0.15, 0.2) is 0 Å². The summed E-state index contributed by atoms with van der Waals surface area (Å²) in [7, 11) is 0. The molecule has 1 aromatic heterocycles.